The third-order valence-electron chi connectivity index (χ3n) is 5.10. The number of benzene rings is 1. The van der Waals surface area contributed by atoms with Crippen molar-refractivity contribution in [1.82, 2.24) is 10.2 Å². The molecule has 1 aliphatic heterocycles. The molecule has 1 aromatic rings. The molecule has 1 aliphatic carbocycles. The first-order chi connectivity index (χ1) is 10.1. The molecule has 21 heavy (non-hydrogen) atoms. The first kappa shape index (κ1) is 15.3. The van der Waals surface area contributed by atoms with E-state index in [9.17, 15) is 4.39 Å². The highest BCUT2D eigenvalue weighted by Crippen LogP contribution is 2.33. The lowest BCUT2D eigenvalue weighted by Crippen LogP contribution is -2.63. The molecule has 2 fully saturated rings. The van der Waals surface area contributed by atoms with E-state index < -0.39 is 0 Å². The normalized spacial score (nSPS) is 26.1. The molecule has 1 aromatic carbocycles. The van der Waals surface area contributed by atoms with E-state index in [1.807, 2.05) is 6.07 Å². The number of nitrogens with zero attached hydrogens (tertiary/aromatic N) is 1. The van der Waals surface area contributed by atoms with Crippen molar-refractivity contribution in [3.8, 4) is 0 Å². The minimum absolute atomic E-state index is 0.263. The Morgan fingerprint density at radius 3 is 2.81 bits per heavy atom. The van der Waals surface area contributed by atoms with Gasteiger partial charge in [-0.2, -0.15) is 0 Å². The van der Waals surface area contributed by atoms with Crippen molar-refractivity contribution in [2.24, 2.45) is 0 Å². The Bertz CT molecular complexity index is 500. The second kappa shape index (κ2) is 6.23. The predicted molar refractivity (Wildman–Crippen MR) is 85.1 cm³/mol. The molecule has 4 heteroatoms. The van der Waals surface area contributed by atoms with Crippen LogP contribution >= 0.6 is 11.6 Å². The second-order valence-corrected chi connectivity index (χ2v) is 7.12. The molecule has 1 saturated carbocycles. The molecule has 0 bridgehead atoms. The van der Waals surface area contributed by atoms with Gasteiger partial charge in [0.25, 0.3) is 0 Å². The van der Waals surface area contributed by atoms with E-state index in [-0.39, 0.29) is 11.4 Å². The fourth-order valence-corrected chi connectivity index (χ4v) is 3.96. The maximum atomic E-state index is 13.2. The van der Waals surface area contributed by atoms with Gasteiger partial charge in [-0.25, -0.2) is 4.39 Å². The zero-order valence-electron chi connectivity index (χ0n) is 12.7. The molecule has 0 radical (unpaired) electrons. The van der Waals surface area contributed by atoms with Gasteiger partial charge in [0.05, 0.1) is 0 Å². The second-order valence-electron chi connectivity index (χ2n) is 6.71. The molecule has 116 valence electrons. The number of rotatable bonds is 2. The molecular weight excluding hydrogens is 287 g/mol. The lowest BCUT2D eigenvalue weighted by atomic mass is 9.79. The maximum absolute atomic E-state index is 13.2. The number of hydrogen-bond donors (Lipinski definition) is 1. The van der Waals surface area contributed by atoms with Gasteiger partial charge in [0.2, 0.25) is 0 Å². The monoisotopic (exact) mass is 310 g/mol. The van der Waals surface area contributed by atoms with Gasteiger partial charge in [-0.15, -0.1) is 0 Å². The summed E-state index contributed by atoms with van der Waals surface area (Å²) in [6, 6.07) is 5.23. The van der Waals surface area contributed by atoms with Gasteiger partial charge >= 0.3 is 0 Å². The molecule has 0 aromatic heterocycles. The highest BCUT2D eigenvalue weighted by molar-refractivity contribution is 6.31. The molecule has 1 heterocycles. The zero-order valence-corrected chi connectivity index (χ0v) is 13.4. The first-order valence-corrected chi connectivity index (χ1v) is 8.39. The van der Waals surface area contributed by atoms with Crippen LogP contribution in [-0.4, -0.2) is 29.6 Å². The van der Waals surface area contributed by atoms with Gasteiger partial charge in [0.1, 0.15) is 5.82 Å². The number of halogens is 2. The Morgan fingerprint density at radius 1 is 1.33 bits per heavy atom. The van der Waals surface area contributed by atoms with Crippen molar-refractivity contribution in [1.29, 1.82) is 0 Å². The molecule has 2 aliphatic rings. The summed E-state index contributed by atoms with van der Waals surface area (Å²) in [5.41, 5.74) is 1.31. The Hall–Kier alpha value is -0.640. The van der Waals surface area contributed by atoms with Crippen LogP contribution in [0.3, 0.4) is 0 Å². The summed E-state index contributed by atoms with van der Waals surface area (Å²) in [6.07, 6.45) is 6.56. The SMILES string of the molecule is CC1CNC2(CCCCC2)CN1Cc1ccc(F)cc1Cl. The Morgan fingerprint density at radius 2 is 2.10 bits per heavy atom. The van der Waals surface area contributed by atoms with E-state index >= 15 is 0 Å². The van der Waals surface area contributed by atoms with Crippen LogP contribution in [0.4, 0.5) is 4.39 Å². The van der Waals surface area contributed by atoms with Gasteiger partial charge in [-0.05, 0) is 37.5 Å². The van der Waals surface area contributed by atoms with Crippen molar-refractivity contribution in [2.75, 3.05) is 13.1 Å². The third-order valence-corrected chi connectivity index (χ3v) is 5.45. The maximum Gasteiger partial charge on any atom is 0.124 e. The molecule has 1 spiro atoms. The summed E-state index contributed by atoms with van der Waals surface area (Å²) >= 11 is 6.19. The minimum atomic E-state index is -0.263. The smallest absolute Gasteiger partial charge is 0.124 e. The average Bonchev–Trinajstić information content (AvgIpc) is 2.47. The number of piperazine rings is 1. The highest BCUT2D eigenvalue weighted by Gasteiger charge is 2.38. The van der Waals surface area contributed by atoms with Crippen molar-refractivity contribution in [3.05, 3.63) is 34.6 Å². The molecule has 1 unspecified atom stereocenters. The van der Waals surface area contributed by atoms with Crippen LogP contribution in [0.25, 0.3) is 0 Å². The molecule has 1 atom stereocenters. The summed E-state index contributed by atoms with van der Waals surface area (Å²) in [7, 11) is 0. The van der Waals surface area contributed by atoms with E-state index in [2.05, 4.69) is 17.1 Å². The molecule has 3 rings (SSSR count). The van der Waals surface area contributed by atoms with Crippen LogP contribution in [0.1, 0.15) is 44.6 Å². The van der Waals surface area contributed by atoms with Crippen LogP contribution in [0.2, 0.25) is 5.02 Å². The topological polar surface area (TPSA) is 15.3 Å². The Kier molecular flexibility index (Phi) is 4.53. The van der Waals surface area contributed by atoms with Crippen molar-refractivity contribution >= 4 is 11.6 Å². The minimum Gasteiger partial charge on any atom is -0.308 e. The van der Waals surface area contributed by atoms with E-state index in [0.717, 1.165) is 25.2 Å². The lowest BCUT2D eigenvalue weighted by molar-refractivity contribution is 0.0573. The van der Waals surface area contributed by atoms with Gasteiger partial charge < -0.3 is 5.32 Å². The van der Waals surface area contributed by atoms with E-state index in [4.69, 9.17) is 11.6 Å². The molecule has 1 saturated heterocycles. The fourth-order valence-electron chi connectivity index (χ4n) is 3.74. The number of nitrogens with one attached hydrogen (secondary N) is 1. The van der Waals surface area contributed by atoms with Crippen LogP contribution in [0.15, 0.2) is 18.2 Å². The van der Waals surface area contributed by atoms with Gasteiger partial charge in [-0.1, -0.05) is 36.9 Å². The van der Waals surface area contributed by atoms with Crippen molar-refractivity contribution in [2.45, 2.75) is 57.2 Å². The van der Waals surface area contributed by atoms with Crippen LogP contribution in [0.5, 0.6) is 0 Å². The quantitative estimate of drug-likeness (QED) is 0.889. The number of hydrogen-bond acceptors (Lipinski definition) is 2. The predicted octanol–water partition coefficient (Wildman–Crippen LogP) is 3.98. The summed E-state index contributed by atoms with van der Waals surface area (Å²) in [6.45, 7) is 5.16. The molecule has 1 N–H and O–H groups in total. The van der Waals surface area contributed by atoms with Gasteiger partial charge in [-0.3, -0.25) is 4.90 Å². The van der Waals surface area contributed by atoms with Crippen LogP contribution in [-0.2, 0) is 6.54 Å². The van der Waals surface area contributed by atoms with E-state index in [0.29, 0.717) is 11.1 Å². The van der Waals surface area contributed by atoms with Crippen LogP contribution < -0.4 is 5.32 Å². The Balaban J connectivity index is 1.73. The van der Waals surface area contributed by atoms with Crippen molar-refractivity contribution in [3.63, 3.8) is 0 Å². The average molecular weight is 311 g/mol. The van der Waals surface area contributed by atoms with E-state index in [1.165, 1.54) is 44.2 Å². The summed E-state index contributed by atoms with van der Waals surface area (Å²) < 4.78 is 13.2. The Labute approximate surface area is 131 Å². The highest BCUT2D eigenvalue weighted by atomic mass is 35.5. The zero-order chi connectivity index (χ0) is 14.9. The van der Waals surface area contributed by atoms with E-state index in [1.54, 1.807) is 0 Å². The molecule has 2 nitrogen and oxygen atoms in total. The van der Waals surface area contributed by atoms with Gasteiger partial charge in [0.15, 0.2) is 0 Å². The third kappa shape index (κ3) is 3.41. The van der Waals surface area contributed by atoms with Crippen molar-refractivity contribution < 1.29 is 4.39 Å². The summed E-state index contributed by atoms with van der Waals surface area (Å²) in [5, 5.41) is 4.33. The first-order valence-electron chi connectivity index (χ1n) is 8.01. The lowest BCUT2D eigenvalue weighted by Gasteiger charge is -2.49. The van der Waals surface area contributed by atoms with Gasteiger partial charge in [0, 0.05) is 36.2 Å². The molecule has 0 amide bonds. The molecular formula is C17H24ClFN2. The summed E-state index contributed by atoms with van der Waals surface area (Å²) in [4.78, 5) is 2.50. The largest absolute Gasteiger partial charge is 0.308 e. The summed E-state index contributed by atoms with van der Waals surface area (Å²) in [5.74, 6) is -0.263. The fraction of sp³-hybridized carbons (Fsp3) is 0.647. The van der Waals surface area contributed by atoms with Crippen LogP contribution in [0, 0.1) is 5.82 Å². The standard InChI is InChI=1S/C17H24ClFN2/c1-13-10-20-17(7-3-2-4-8-17)12-21(13)11-14-5-6-15(19)9-16(14)18/h5-6,9,13,20H,2-4,7-8,10-12H2,1H3.